The van der Waals surface area contributed by atoms with E-state index in [9.17, 15) is 22.4 Å². The van der Waals surface area contributed by atoms with Gasteiger partial charge in [-0.15, -0.1) is 10.2 Å². The molecule has 0 amide bonds. The summed E-state index contributed by atoms with van der Waals surface area (Å²) in [5.74, 6) is -7.78. The van der Waals surface area contributed by atoms with Crippen LogP contribution in [0.4, 0.5) is 17.6 Å². The van der Waals surface area contributed by atoms with Crippen molar-refractivity contribution in [1.82, 2.24) is 19.7 Å². The van der Waals surface area contributed by atoms with Crippen LogP contribution in [-0.4, -0.2) is 26.9 Å². The number of methoxy groups -OCH3 is 1. The van der Waals surface area contributed by atoms with Gasteiger partial charge in [0.2, 0.25) is 11.6 Å². The van der Waals surface area contributed by atoms with Crippen LogP contribution in [0.1, 0.15) is 41.9 Å². The van der Waals surface area contributed by atoms with Crippen molar-refractivity contribution in [2.45, 2.75) is 39.2 Å². The summed E-state index contributed by atoms with van der Waals surface area (Å²) in [6.45, 7) is 2.45. The fraction of sp³-hybridized carbons (Fsp3) is 0.318. The highest BCUT2D eigenvalue weighted by atomic mass is 19.3. The SMILES string of the molecule is COc1nnc(C(C)(F)F)cc1Cn1cnc(C(C)(F)F)c(Oc2cc(C)cc(C#N)c2)c1=O. The highest BCUT2D eigenvalue weighted by Crippen LogP contribution is 2.34. The Morgan fingerprint density at radius 3 is 2.38 bits per heavy atom. The number of aromatic nitrogens is 4. The normalized spacial score (nSPS) is 11.7. The predicted octanol–water partition coefficient (Wildman–Crippen LogP) is 4.29. The molecule has 3 rings (SSSR count). The number of nitriles is 1. The molecule has 3 aromatic rings. The largest absolute Gasteiger partial charge is 0.480 e. The lowest BCUT2D eigenvalue weighted by atomic mass is 10.1. The molecule has 0 fully saturated rings. The summed E-state index contributed by atoms with van der Waals surface area (Å²) in [7, 11) is 1.23. The highest BCUT2D eigenvalue weighted by Gasteiger charge is 2.34. The number of hydrogen-bond donors (Lipinski definition) is 0. The zero-order valence-corrected chi connectivity index (χ0v) is 18.6. The Labute approximate surface area is 191 Å². The molecule has 178 valence electrons. The number of hydrogen-bond acceptors (Lipinski definition) is 7. The van der Waals surface area contributed by atoms with Crippen LogP contribution in [0.3, 0.4) is 0 Å². The van der Waals surface area contributed by atoms with E-state index >= 15 is 0 Å². The Balaban J connectivity index is 2.13. The summed E-state index contributed by atoms with van der Waals surface area (Å²) in [4.78, 5) is 16.8. The molecule has 0 bridgehead atoms. The molecule has 0 saturated heterocycles. The summed E-state index contributed by atoms with van der Waals surface area (Å²) in [6.07, 6.45) is 0.850. The average Bonchev–Trinajstić information content (AvgIpc) is 2.74. The van der Waals surface area contributed by atoms with Crippen LogP contribution < -0.4 is 15.0 Å². The van der Waals surface area contributed by atoms with E-state index < -0.39 is 41.1 Å². The molecular formula is C22H19F4N5O3. The van der Waals surface area contributed by atoms with Gasteiger partial charge in [0.15, 0.2) is 5.69 Å². The average molecular weight is 477 g/mol. The summed E-state index contributed by atoms with van der Waals surface area (Å²) in [5, 5.41) is 16.2. The molecule has 0 atom stereocenters. The van der Waals surface area contributed by atoms with Crippen LogP contribution in [0.25, 0.3) is 0 Å². The number of nitrogens with zero attached hydrogens (tertiary/aromatic N) is 5. The maximum absolute atomic E-state index is 14.2. The first-order valence-electron chi connectivity index (χ1n) is 9.79. The van der Waals surface area contributed by atoms with E-state index in [2.05, 4.69) is 15.2 Å². The van der Waals surface area contributed by atoms with Gasteiger partial charge in [-0.2, -0.15) is 22.8 Å². The van der Waals surface area contributed by atoms with Crippen LogP contribution in [-0.2, 0) is 18.4 Å². The molecule has 0 radical (unpaired) electrons. The van der Waals surface area contributed by atoms with E-state index in [1.807, 2.05) is 6.07 Å². The number of benzene rings is 1. The molecule has 0 spiro atoms. The number of rotatable bonds is 7. The monoisotopic (exact) mass is 477 g/mol. The number of ether oxygens (including phenoxy) is 2. The first-order valence-corrected chi connectivity index (χ1v) is 9.79. The van der Waals surface area contributed by atoms with Crippen molar-refractivity contribution in [2.75, 3.05) is 7.11 Å². The fourth-order valence-electron chi connectivity index (χ4n) is 3.08. The minimum Gasteiger partial charge on any atom is -0.480 e. The topological polar surface area (TPSA) is 103 Å². The Hall–Kier alpha value is -4.01. The molecule has 0 aliphatic heterocycles. The minimum atomic E-state index is -3.54. The second kappa shape index (κ2) is 9.09. The van der Waals surface area contributed by atoms with Crippen molar-refractivity contribution < 1.29 is 27.0 Å². The van der Waals surface area contributed by atoms with E-state index in [1.54, 1.807) is 13.0 Å². The van der Waals surface area contributed by atoms with E-state index in [1.165, 1.54) is 19.2 Å². The molecule has 34 heavy (non-hydrogen) atoms. The lowest BCUT2D eigenvalue weighted by molar-refractivity contribution is 0.00968. The third-order valence-corrected chi connectivity index (χ3v) is 4.63. The van der Waals surface area contributed by atoms with Gasteiger partial charge in [0.05, 0.1) is 31.6 Å². The Bertz CT molecular complexity index is 1320. The Kier molecular flexibility index (Phi) is 6.58. The number of halogens is 4. The van der Waals surface area contributed by atoms with Crippen LogP contribution >= 0.6 is 0 Å². The first-order chi connectivity index (χ1) is 15.8. The predicted molar refractivity (Wildman–Crippen MR) is 111 cm³/mol. The molecule has 8 nitrogen and oxygen atoms in total. The third kappa shape index (κ3) is 5.31. The molecule has 0 unspecified atom stereocenters. The Morgan fingerprint density at radius 2 is 1.79 bits per heavy atom. The molecule has 0 N–H and O–H groups in total. The molecule has 0 aliphatic rings. The summed E-state index contributed by atoms with van der Waals surface area (Å²) < 4.78 is 67.3. The van der Waals surface area contributed by atoms with Crippen LogP contribution in [0.2, 0.25) is 0 Å². The molecule has 12 heteroatoms. The van der Waals surface area contributed by atoms with E-state index in [-0.39, 0.29) is 22.8 Å². The van der Waals surface area contributed by atoms with Crippen LogP contribution in [0.5, 0.6) is 17.4 Å². The summed E-state index contributed by atoms with van der Waals surface area (Å²) in [6, 6.07) is 7.21. The summed E-state index contributed by atoms with van der Waals surface area (Å²) >= 11 is 0. The van der Waals surface area contributed by atoms with Crippen molar-refractivity contribution in [1.29, 1.82) is 5.26 Å². The van der Waals surface area contributed by atoms with Gasteiger partial charge in [-0.25, -0.2) is 4.98 Å². The van der Waals surface area contributed by atoms with Crippen molar-refractivity contribution in [3.05, 3.63) is 69.0 Å². The van der Waals surface area contributed by atoms with Gasteiger partial charge < -0.3 is 9.47 Å². The van der Waals surface area contributed by atoms with E-state index in [4.69, 9.17) is 14.7 Å². The quantitative estimate of drug-likeness (QED) is 0.468. The van der Waals surface area contributed by atoms with Crippen molar-refractivity contribution >= 4 is 0 Å². The second-order valence-electron chi connectivity index (χ2n) is 7.64. The van der Waals surface area contributed by atoms with Crippen LogP contribution in [0.15, 0.2) is 35.4 Å². The molecule has 0 aliphatic carbocycles. The molecule has 2 aromatic heterocycles. The third-order valence-electron chi connectivity index (χ3n) is 4.63. The number of alkyl halides is 4. The molecular weight excluding hydrogens is 458 g/mol. The van der Waals surface area contributed by atoms with Gasteiger partial charge in [-0.3, -0.25) is 9.36 Å². The standard InChI is InChI=1S/C22H19F4N5O3/c1-12-5-13(9-27)7-15(6-12)34-17-18(22(3,25)26)28-11-31(20(17)32)10-14-8-16(21(2,23)24)29-30-19(14)33-4/h5-8,11H,10H2,1-4H3. The van der Waals surface area contributed by atoms with Gasteiger partial charge in [-0.1, -0.05) is 0 Å². The zero-order valence-electron chi connectivity index (χ0n) is 18.6. The van der Waals surface area contributed by atoms with Gasteiger partial charge in [-0.05, 0) is 36.8 Å². The van der Waals surface area contributed by atoms with Gasteiger partial charge >= 0.3 is 0 Å². The molecule has 1 aromatic carbocycles. The number of aryl methyl sites for hydroxylation is 1. The van der Waals surface area contributed by atoms with Gasteiger partial charge in [0.25, 0.3) is 17.4 Å². The van der Waals surface area contributed by atoms with E-state index in [0.717, 1.165) is 17.0 Å². The van der Waals surface area contributed by atoms with Crippen molar-refractivity contribution in [3.8, 4) is 23.4 Å². The Morgan fingerprint density at radius 1 is 1.09 bits per heavy atom. The maximum Gasteiger partial charge on any atom is 0.297 e. The van der Waals surface area contributed by atoms with Gasteiger partial charge in [0, 0.05) is 19.4 Å². The highest BCUT2D eigenvalue weighted by molar-refractivity contribution is 5.43. The minimum absolute atomic E-state index is 0.0187. The lowest BCUT2D eigenvalue weighted by Gasteiger charge is -2.17. The molecule has 0 saturated carbocycles. The lowest BCUT2D eigenvalue weighted by Crippen LogP contribution is -2.27. The fourth-order valence-corrected chi connectivity index (χ4v) is 3.08. The summed E-state index contributed by atoms with van der Waals surface area (Å²) in [5.41, 5.74) is -1.75. The zero-order chi connectivity index (χ0) is 25.3. The smallest absolute Gasteiger partial charge is 0.297 e. The van der Waals surface area contributed by atoms with Crippen molar-refractivity contribution in [3.63, 3.8) is 0 Å². The second-order valence-corrected chi connectivity index (χ2v) is 7.64. The van der Waals surface area contributed by atoms with Gasteiger partial charge in [0.1, 0.15) is 11.4 Å². The molecule has 2 heterocycles. The van der Waals surface area contributed by atoms with E-state index in [0.29, 0.717) is 19.4 Å². The van der Waals surface area contributed by atoms with Crippen LogP contribution in [0, 0.1) is 18.3 Å². The maximum atomic E-state index is 14.2. The van der Waals surface area contributed by atoms with Crippen molar-refractivity contribution in [2.24, 2.45) is 0 Å². The first kappa shape index (κ1) is 24.6.